The fraction of sp³-hybridized carbons (Fsp3) is 0.0870. The van der Waals surface area contributed by atoms with Crippen LogP contribution in [0.2, 0.25) is 5.02 Å². The summed E-state index contributed by atoms with van der Waals surface area (Å²) in [4.78, 5) is 49.9. The number of carbonyl (C=O) groups is 3. The number of esters is 1. The first-order valence-corrected chi connectivity index (χ1v) is 9.84. The molecule has 0 spiro atoms. The van der Waals surface area contributed by atoms with Crippen LogP contribution >= 0.6 is 11.6 Å². The lowest BCUT2D eigenvalue weighted by molar-refractivity contribution is -0.385. The van der Waals surface area contributed by atoms with E-state index >= 15 is 0 Å². The number of rotatable bonds is 5. The first kappa shape index (κ1) is 21.2. The van der Waals surface area contributed by atoms with Gasteiger partial charge in [-0.3, -0.25) is 19.7 Å². The number of nitro groups is 1. The summed E-state index contributed by atoms with van der Waals surface area (Å²) in [6, 6.07) is 14.9. The highest BCUT2D eigenvalue weighted by atomic mass is 35.5. The monoisotopic (exact) mass is 450 g/mol. The Morgan fingerprint density at radius 1 is 1.03 bits per heavy atom. The number of nitrogens with zero attached hydrogens (tertiary/aromatic N) is 2. The number of imide groups is 1. The van der Waals surface area contributed by atoms with Gasteiger partial charge in [0.2, 0.25) is 0 Å². The molecule has 4 rings (SSSR count). The van der Waals surface area contributed by atoms with Gasteiger partial charge in [-0.05, 0) is 48.9 Å². The van der Waals surface area contributed by atoms with Crippen molar-refractivity contribution in [1.82, 2.24) is 0 Å². The van der Waals surface area contributed by atoms with Crippen LogP contribution < -0.4 is 4.90 Å². The third kappa shape index (κ3) is 3.72. The molecule has 0 saturated heterocycles. The lowest BCUT2D eigenvalue weighted by Gasteiger charge is -2.16. The lowest BCUT2D eigenvalue weighted by Crippen LogP contribution is -2.30. The van der Waals surface area contributed by atoms with E-state index in [1.54, 1.807) is 25.1 Å². The van der Waals surface area contributed by atoms with Gasteiger partial charge in [-0.1, -0.05) is 29.8 Å². The molecule has 0 aromatic heterocycles. The van der Waals surface area contributed by atoms with Gasteiger partial charge in [0, 0.05) is 11.1 Å². The second kappa shape index (κ2) is 8.24. The molecule has 0 N–H and O–H groups in total. The minimum Gasteiger partial charge on any atom is -0.457 e. The van der Waals surface area contributed by atoms with Crippen molar-refractivity contribution >= 4 is 40.8 Å². The zero-order chi connectivity index (χ0) is 23.0. The van der Waals surface area contributed by atoms with Gasteiger partial charge in [-0.25, -0.2) is 9.69 Å². The first-order chi connectivity index (χ1) is 15.3. The zero-order valence-corrected chi connectivity index (χ0v) is 17.5. The number of hydrogen-bond donors (Lipinski definition) is 0. The molecule has 3 aromatic rings. The van der Waals surface area contributed by atoms with E-state index in [-0.39, 0.29) is 34.5 Å². The summed E-state index contributed by atoms with van der Waals surface area (Å²) in [5.41, 5.74) is 1.40. The van der Waals surface area contributed by atoms with E-state index in [1.807, 2.05) is 0 Å². The normalized spacial score (nSPS) is 12.6. The molecule has 0 bridgehead atoms. The highest BCUT2D eigenvalue weighted by Crippen LogP contribution is 2.33. The third-order valence-electron chi connectivity index (χ3n) is 5.08. The van der Waals surface area contributed by atoms with Gasteiger partial charge in [-0.15, -0.1) is 0 Å². The van der Waals surface area contributed by atoms with E-state index in [0.29, 0.717) is 16.3 Å². The van der Waals surface area contributed by atoms with Gasteiger partial charge in [0.15, 0.2) is 0 Å². The Bertz CT molecular complexity index is 1300. The molecular weight excluding hydrogens is 436 g/mol. The highest BCUT2D eigenvalue weighted by molar-refractivity contribution is 6.36. The van der Waals surface area contributed by atoms with Crippen LogP contribution in [0.15, 0.2) is 60.7 Å². The largest absolute Gasteiger partial charge is 0.457 e. The van der Waals surface area contributed by atoms with Gasteiger partial charge in [0.25, 0.3) is 17.5 Å². The quantitative estimate of drug-likeness (QED) is 0.241. The van der Waals surface area contributed by atoms with Gasteiger partial charge in [0.05, 0.1) is 32.9 Å². The van der Waals surface area contributed by atoms with Crippen molar-refractivity contribution in [3.8, 4) is 0 Å². The first-order valence-electron chi connectivity index (χ1n) is 9.46. The number of para-hydroxylation sites is 1. The topological polar surface area (TPSA) is 107 Å². The molecule has 3 aromatic carbocycles. The maximum Gasteiger partial charge on any atom is 0.338 e. The van der Waals surface area contributed by atoms with E-state index in [1.165, 1.54) is 42.5 Å². The van der Waals surface area contributed by atoms with Crippen molar-refractivity contribution in [3.05, 3.63) is 104 Å². The van der Waals surface area contributed by atoms with E-state index in [4.69, 9.17) is 16.3 Å². The van der Waals surface area contributed by atoms with E-state index < -0.39 is 22.7 Å². The Hall–Kier alpha value is -4.04. The van der Waals surface area contributed by atoms with Crippen LogP contribution in [0, 0.1) is 17.0 Å². The molecule has 0 aliphatic carbocycles. The average Bonchev–Trinajstić information content (AvgIpc) is 3.03. The summed E-state index contributed by atoms with van der Waals surface area (Å²) in [7, 11) is 0. The molecule has 160 valence electrons. The molecule has 1 aliphatic heterocycles. The van der Waals surface area contributed by atoms with Crippen LogP contribution in [0.1, 0.15) is 42.2 Å². The summed E-state index contributed by atoms with van der Waals surface area (Å²) in [5, 5.41) is 11.5. The molecule has 9 heteroatoms. The van der Waals surface area contributed by atoms with Crippen LogP contribution in [0.25, 0.3) is 0 Å². The molecule has 1 aliphatic rings. The van der Waals surface area contributed by atoms with E-state index in [9.17, 15) is 24.5 Å². The summed E-state index contributed by atoms with van der Waals surface area (Å²) in [6.45, 7) is 1.44. The average molecular weight is 451 g/mol. The van der Waals surface area contributed by atoms with Gasteiger partial charge >= 0.3 is 5.97 Å². The summed E-state index contributed by atoms with van der Waals surface area (Å²) in [6.07, 6.45) is 0. The number of benzene rings is 3. The number of carbonyl (C=O) groups excluding carboxylic acids is 3. The minimum absolute atomic E-state index is 0.0492. The highest BCUT2D eigenvalue weighted by Gasteiger charge is 2.38. The third-order valence-corrected chi connectivity index (χ3v) is 5.32. The van der Waals surface area contributed by atoms with Crippen molar-refractivity contribution in [1.29, 1.82) is 0 Å². The number of aryl methyl sites for hydroxylation is 1. The molecule has 1 heterocycles. The van der Waals surface area contributed by atoms with Gasteiger partial charge in [-0.2, -0.15) is 0 Å². The number of anilines is 1. The fourth-order valence-electron chi connectivity index (χ4n) is 3.45. The van der Waals surface area contributed by atoms with Crippen molar-refractivity contribution < 1.29 is 24.0 Å². The van der Waals surface area contributed by atoms with Crippen molar-refractivity contribution in [2.75, 3.05) is 4.90 Å². The Labute approximate surface area is 187 Å². The van der Waals surface area contributed by atoms with Crippen LogP contribution in [0.3, 0.4) is 0 Å². The van der Waals surface area contributed by atoms with Crippen LogP contribution in [-0.4, -0.2) is 22.7 Å². The molecule has 0 radical (unpaired) electrons. The van der Waals surface area contributed by atoms with Crippen LogP contribution in [0.5, 0.6) is 0 Å². The van der Waals surface area contributed by atoms with Gasteiger partial charge < -0.3 is 4.74 Å². The number of ether oxygens (including phenoxy) is 1. The number of nitro benzene ring substituents is 1. The minimum atomic E-state index is -0.774. The van der Waals surface area contributed by atoms with Crippen molar-refractivity contribution in [2.24, 2.45) is 0 Å². The fourth-order valence-corrected chi connectivity index (χ4v) is 3.61. The molecule has 0 unspecified atom stereocenters. The number of fused-ring (bicyclic) bond motifs is 1. The molecule has 32 heavy (non-hydrogen) atoms. The molecule has 0 atom stereocenters. The Kier molecular flexibility index (Phi) is 5.46. The second-order valence-electron chi connectivity index (χ2n) is 7.10. The van der Waals surface area contributed by atoms with Crippen molar-refractivity contribution in [3.63, 3.8) is 0 Å². The van der Waals surface area contributed by atoms with Gasteiger partial charge in [0.1, 0.15) is 6.61 Å². The predicted octanol–water partition coefficient (Wildman–Crippen LogP) is 4.71. The smallest absolute Gasteiger partial charge is 0.338 e. The van der Waals surface area contributed by atoms with E-state index in [0.717, 1.165) is 4.90 Å². The summed E-state index contributed by atoms with van der Waals surface area (Å²) >= 11 is 6.03. The Morgan fingerprint density at radius 2 is 1.75 bits per heavy atom. The SMILES string of the molecule is Cc1ccc(Cl)cc1N1C(=O)c2ccc(C(=O)OCc3ccccc3[N+](=O)[O-])cc2C1=O. The molecule has 8 nitrogen and oxygen atoms in total. The lowest BCUT2D eigenvalue weighted by atomic mass is 10.1. The standard InChI is InChI=1S/C23H15ClN2O6/c1-13-6-8-16(24)11-20(13)25-21(27)17-9-7-14(10-18(17)22(25)28)23(29)32-12-15-4-2-3-5-19(15)26(30)31/h2-11H,12H2,1H3. The maximum atomic E-state index is 13.0. The Balaban J connectivity index is 1.58. The van der Waals surface area contributed by atoms with Crippen LogP contribution in [-0.2, 0) is 11.3 Å². The summed E-state index contributed by atoms with van der Waals surface area (Å²) in [5.74, 6) is -1.87. The second-order valence-corrected chi connectivity index (χ2v) is 7.54. The predicted molar refractivity (Wildman–Crippen MR) is 116 cm³/mol. The number of hydrogen-bond acceptors (Lipinski definition) is 6. The molecule has 2 amide bonds. The maximum absolute atomic E-state index is 13.0. The Morgan fingerprint density at radius 3 is 2.50 bits per heavy atom. The molecular formula is C23H15ClN2O6. The molecule has 0 saturated carbocycles. The number of amides is 2. The van der Waals surface area contributed by atoms with Crippen LogP contribution in [0.4, 0.5) is 11.4 Å². The number of halogens is 1. The van der Waals surface area contributed by atoms with Crippen molar-refractivity contribution in [2.45, 2.75) is 13.5 Å². The molecule has 0 fully saturated rings. The summed E-state index contributed by atoms with van der Waals surface area (Å²) < 4.78 is 5.20. The zero-order valence-electron chi connectivity index (χ0n) is 16.7. The van der Waals surface area contributed by atoms with E-state index in [2.05, 4.69) is 0 Å².